The molecule has 2 aliphatic carbocycles. The first kappa shape index (κ1) is 50.9. The number of halogens is 2. The van der Waals surface area contributed by atoms with E-state index in [0.717, 1.165) is 51.6 Å². The van der Waals surface area contributed by atoms with Gasteiger partial charge >= 0.3 is 0 Å². The van der Waals surface area contributed by atoms with Gasteiger partial charge in [0.05, 0.1) is 21.7 Å². The van der Waals surface area contributed by atoms with Crippen molar-refractivity contribution in [3.63, 3.8) is 0 Å². The zero-order valence-corrected chi connectivity index (χ0v) is 41.4. The van der Waals surface area contributed by atoms with Gasteiger partial charge < -0.3 is 50.8 Å². The number of oxime groups is 1. The molecule has 6 aromatic rings. The predicted molar refractivity (Wildman–Crippen MR) is 275 cm³/mol. The molecule has 4 aliphatic rings. The summed E-state index contributed by atoms with van der Waals surface area (Å²) in [6.07, 6.45) is 11.4. The number of fused-ring (bicyclic) bond motifs is 2. The van der Waals surface area contributed by atoms with Crippen LogP contribution in [0, 0.1) is 23.2 Å². The fourth-order valence-corrected chi connectivity index (χ4v) is 10.4. The minimum Gasteiger partial charge on any atom is -0.449 e. The van der Waals surface area contributed by atoms with Crippen LogP contribution in [-0.4, -0.2) is 91.4 Å². The molecule has 382 valence electrons. The van der Waals surface area contributed by atoms with Crippen molar-refractivity contribution in [3.8, 4) is 6.07 Å². The van der Waals surface area contributed by atoms with E-state index >= 15 is 0 Å². The highest BCUT2D eigenvalue weighted by atomic mass is 35.5. The Hall–Kier alpha value is -8.02. The van der Waals surface area contributed by atoms with Crippen molar-refractivity contribution in [1.29, 1.82) is 5.26 Å². The van der Waals surface area contributed by atoms with Crippen molar-refractivity contribution in [3.05, 3.63) is 106 Å². The first-order valence-corrected chi connectivity index (χ1v) is 25.1. The summed E-state index contributed by atoms with van der Waals surface area (Å²) >= 11 is 11.8. The number of anilines is 4. The highest BCUT2D eigenvalue weighted by molar-refractivity contribution is 6.30. The van der Waals surface area contributed by atoms with Crippen LogP contribution in [0.3, 0.4) is 0 Å². The van der Waals surface area contributed by atoms with Crippen molar-refractivity contribution < 1.29 is 42.8 Å². The molecule has 20 nitrogen and oxygen atoms in total. The van der Waals surface area contributed by atoms with E-state index < -0.39 is 11.8 Å². The molecule has 10 rings (SSSR count). The SMILES string of the molecule is N#Cc1ccc2oc(C(=O)Nc3ccc(Cl)cn3)c(NC(=O)C3CCC(N4CCCC4=O)CC3)c2c1.NC(=NO)c1ccc2oc(C(=O)Nc3ccc(Cl)cn3)c(NC(=O)C3CCC(N4CCCC4=O)CC3)c2c1. The molecule has 0 radical (unpaired) electrons. The van der Waals surface area contributed by atoms with Gasteiger partial charge in [-0.05, 0) is 125 Å². The third-order valence-electron chi connectivity index (χ3n) is 14.0. The topological polar surface area (TPSA) is 291 Å². The van der Waals surface area contributed by atoms with Crippen LogP contribution in [0.25, 0.3) is 21.9 Å². The fourth-order valence-electron chi connectivity index (χ4n) is 10.2. The number of carbonyl (C=O) groups excluding carboxylic acids is 6. The van der Waals surface area contributed by atoms with Gasteiger partial charge in [0.2, 0.25) is 35.1 Å². The van der Waals surface area contributed by atoms with Crippen LogP contribution in [0.5, 0.6) is 0 Å². The maximum atomic E-state index is 13.4. The standard InChI is InChI=1S/C26H27ClN6O5.C26H24ClN5O4/c27-16-6-10-20(29-13-16)30-26(36)23-22(18-12-15(24(28)32-37)5-9-19(18)38-23)31-25(35)14-3-7-17(8-4-14)33-11-1-2-21(33)34;27-17-6-10-21(29-14-17)30-26(35)24-23(19-12-15(13-28)3-9-20(19)36-24)31-25(34)16-4-7-18(8-5-16)32-11-1-2-22(32)33/h5-6,9-10,12-14,17,37H,1-4,7-8,11H2,(H2,28,32)(H,31,35)(H,29,30,36);3,6,9-10,12,14,16,18H,1-2,4-5,7-8,11H2,(H,31,34)(H,29,30,35). The number of furan rings is 2. The fraction of sp³-hybridized carbons (Fsp3) is 0.346. The Morgan fingerprint density at radius 2 is 1.12 bits per heavy atom. The smallest absolute Gasteiger partial charge is 0.294 e. The molecule has 0 spiro atoms. The minimum absolute atomic E-state index is 0.0819. The van der Waals surface area contributed by atoms with Gasteiger partial charge in [-0.3, -0.25) is 28.8 Å². The largest absolute Gasteiger partial charge is 0.449 e. The molecular formula is C52H51Cl2N11O9. The molecule has 2 aromatic carbocycles. The number of hydrogen-bond acceptors (Lipinski definition) is 13. The summed E-state index contributed by atoms with van der Waals surface area (Å²) in [5, 5.41) is 34.3. The second-order valence-corrected chi connectivity index (χ2v) is 19.5. The number of amidine groups is 1. The van der Waals surface area contributed by atoms with E-state index in [2.05, 4.69) is 42.5 Å². The number of benzene rings is 2. The van der Waals surface area contributed by atoms with Crippen molar-refractivity contribution in [1.82, 2.24) is 19.8 Å². The van der Waals surface area contributed by atoms with Gasteiger partial charge in [0.25, 0.3) is 11.8 Å². The highest BCUT2D eigenvalue weighted by Gasteiger charge is 2.36. The van der Waals surface area contributed by atoms with Crippen molar-refractivity contribution >= 4 is 109 Å². The van der Waals surface area contributed by atoms with Gasteiger partial charge in [0, 0.05) is 78.6 Å². The summed E-state index contributed by atoms with van der Waals surface area (Å²) in [5.41, 5.74) is 7.63. The summed E-state index contributed by atoms with van der Waals surface area (Å²) in [6.45, 7) is 1.58. The third kappa shape index (κ3) is 11.3. The summed E-state index contributed by atoms with van der Waals surface area (Å²) < 4.78 is 11.6. The van der Waals surface area contributed by atoms with Crippen LogP contribution in [0.1, 0.15) is 109 Å². The van der Waals surface area contributed by atoms with Crippen molar-refractivity contribution in [2.24, 2.45) is 22.7 Å². The average Bonchev–Trinajstić information content (AvgIpc) is 4.22. The maximum absolute atomic E-state index is 13.4. The number of aromatic nitrogens is 2. The molecule has 4 aromatic heterocycles. The second-order valence-electron chi connectivity index (χ2n) is 18.6. The Bertz CT molecular complexity index is 3210. The number of carbonyl (C=O) groups is 6. The lowest BCUT2D eigenvalue weighted by Gasteiger charge is -2.34. The monoisotopic (exact) mass is 1040 g/mol. The van der Waals surface area contributed by atoms with Gasteiger partial charge in [-0.1, -0.05) is 28.4 Å². The number of nitrogens with zero attached hydrogens (tertiary/aromatic N) is 6. The summed E-state index contributed by atoms with van der Waals surface area (Å²) in [7, 11) is 0. The first-order chi connectivity index (χ1) is 35.8. The van der Waals surface area contributed by atoms with Gasteiger partial charge in [-0.2, -0.15) is 5.26 Å². The van der Waals surface area contributed by atoms with Gasteiger partial charge in [-0.15, -0.1) is 0 Å². The molecule has 74 heavy (non-hydrogen) atoms. The van der Waals surface area contributed by atoms with Gasteiger partial charge in [0.1, 0.15) is 34.2 Å². The Labute approximate surface area is 433 Å². The lowest BCUT2D eigenvalue weighted by molar-refractivity contribution is -0.131. The van der Waals surface area contributed by atoms with E-state index in [1.54, 1.807) is 60.7 Å². The summed E-state index contributed by atoms with van der Waals surface area (Å²) in [6, 6.07) is 18.2. The number of likely N-dealkylation sites (tertiary alicyclic amines) is 2. The van der Waals surface area contributed by atoms with Crippen LogP contribution in [0.4, 0.5) is 23.0 Å². The average molecular weight is 1040 g/mol. The van der Waals surface area contributed by atoms with E-state index in [9.17, 15) is 34.0 Å². The Morgan fingerprint density at radius 1 is 0.662 bits per heavy atom. The summed E-state index contributed by atoms with van der Waals surface area (Å²) in [4.78, 5) is 89.2. The minimum atomic E-state index is -0.618. The molecule has 0 bridgehead atoms. The molecule has 0 unspecified atom stereocenters. The molecule has 6 amide bonds. The molecule has 4 fully saturated rings. The van der Waals surface area contributed by atoms with E-state index in [1.165, 1.54) is 12.4 Å². The zero-order valence-electron chi connectivity index (χ0n) is 39.9. The second kappa shape index (κ2) is 22.4. The predicted octanol–water partition coefficient (Wildman–Crippen LogP) is 8.67. The van der Waals surface area contributed by atoms with Crippen LogP contribution >= 0.6 is 23.2 Å². The number of nitrogens with two attached hydrogens (primary N) is 1. The number of pyridine rings is 2. The normalized spacial score (nSPS) is 19.9. The molecule has 2 saturated heterocycles. The van der Waals surface area contributed by atoms with Crippen LogP contribution in [0.15, 0.2) is 87.0 Å². The van der Waals surface area contributed by atoms with Crippen molar-refractivity contribution in [2.75, 3.05) is 34.4 Å². The molecule has 22 heteroatoms. The number of hydrogen-bond donors (Lipinski definition) is 6. The van der Waals surface area contributed by atoms with Crippen molar-refractivity contribution in [2.45, 2.75) is 89.1 Å². The molecule has 7 N–H and O–H groups in total. The maximum Gasteiger partial charge on any atom is 0.294 e. The van der Waals surface area contributed by atoms with Gasteiger partial charge in [0.15, 0.2) is 5.84 Å². The zero-order chi connectivity index (χ0) is 52.0. The number of rotatable bonds is 11. The Balaban J connectivity index is 0.000000182. The summed E-state index contributed by atoms with van der Waals surface area (Å²) in [5.74, 6) is -1.61. The van der Waals surface area contributed by atoms with E-state index in [0.29, 0.717) is 81.6 Å². The lowest BCUT2D eigenvalue weighted by Crippen LogP contribution is -2.40. The number of amides is 6. The first-order valence-electron chi connectivity index (χ1n) is 24.3. The number of nitriles is 1. The molecule has 2 saturated carbocycles. The lowest BCUT2D eigenvalue weighted by atomic mass is 9.84. The molecule has 2 aliphatic heterocycles. The Kier molecular flexibility index (Phi) is 15.4. The van der Waals surface area contributed by atoms with Crippen LogP contribution < -0.4 is 27.0 Å². The van der Waals surface area contributed by atoms with E-state index in [1.807, 2.05) is 9.80 Å². The third-order valence-corrected chi connectivity index (χ3v) is 14.4. The molecular weight excluding hydrogens is 994 g/mol. The van der Waals surface area contributed by atoms with Gasteiger partial charge in [-0.25, -0.2) is 9.97 Å². The van der Waals surface area contributed by atoms with Crippen LogP contribution in [-0.2, 0) is 19.2 Å². The Morgan fingerprint density at radius 3 is 1.53 bits per heavy atom. The van der Waals surface area contributed by atoms with E-state index in [4.69, 9.17) is 43.0 Å². The molecule has 0 atom stereocenters. The highest BCUT2D eigenvalue weighted by Crippen LogP contribution is 2.38. The quantitative estimate of drug-likeness (QED) is 0.0307. The van der Waals surface area contributed by atoms with Crippen LogP contribution in [0.2, 0.25) is 10.0 Å². The van der Waals surface area contributed by atoms with E-state index in [-0.39, 0.29) is 87.9 Å². The molecule has 6 heterocycles. The number of nitrogens with one attached hydrogen (secondary N) is 4.